The summed E-state index contributed by atoms with van der Waals surface area (Å²) in [6, 6.07) is 0.392. The highest BCUT2D eigenvalue weighted by atomic mass is 16.3. The van der Waals surface area contributed by atoms with Gasteiger partial charge in [0.15, 0.2) is 17.2 Å². The summed E-state index contributed by atoms with van der Waals surface area (Å²) in [5, 5.41) is 45.0. The third-order valence-corrected chi connectivity index (χ3v) is 7.80. The molecule has 0 heterocycles. The van der Waals surface area contributed by atoms with E-state index in [0.29, 0.717) is 11.3 Å². The molecule has 198 valence electrons. The second kappa shape index (κ2) is 8.70. The summed E-state index contributed by atoms with van der Waals surface area (Å²) in [7, 11) is 6.57. The number of carbonyl (C=O) groups excluding carboxylic acids is 4. The first-order valence-electron chi connectivity index (χ1n) is 11.9. The largest absolute Gasteiger partial charge is 0.508 e. The van der Waals surface area contributed by atoms with Crippen molar-refractivity contribution in [1.29, 1.82) is 0 Å². The smallest absolute Gasteiger partial charge is 0.255 e. The summed E-state index contributed by atoms with van der Waals surface area (Å²) < 4.78 is 0. The minimum Gasteiger partial charge on any atom is -0.508 e. The molecule has 11 heteroatoms. The highest BCUT2D eigenvalue weighted by Crippen LogP contribution is 2.54. The standard InChI is InChI=1S/C26H31N3O8/c1-6-15(30)12-9-14(28(2)3)11-7-10-8-13-19(29(4)5)22(33)18(25(27)36)24(35)26(13,37)23(34)16(10)21(32)17(11)20(12)31/h9-10,13,19,31-32,35,37H,6-8H2,1-5H3,(H2,27,36). The number of aliphatic hydroxyl groups excluding tert-OH is 2. The average Bonchev–Trinajstić information content (AvgIpc) is 2.80. The number of phenolic OH excluding ortho intramolecular Hbond substituents is 1. The number of likely N-dealkylation sites (N-methyl/N-ethyl adjacent to an activating group) is 1. The molecule has 37 heavy (non-hydrogen) atoms. The Morgan fingerprint density at radius 3 is 2.27 bits per heavy atom. The Labute approximate surface area is 213 Å². The number of ketones is 3. The lowest BCUT2D eigenvalue weighted by atomic mass is 9.57. The Morgan fingerprint density at radius 1 is 1.14 bits per heavy atom. The summed E-state index contributed by atoms with van der Waals surface area (Å²) in [4.78, 5) is 54.8. The number of hydrogen-bond acceptors (Lipinski definition) is 10. The minimum absolute atomic E-state index is 0.00493. The molecule has 1 aromatic carbocycles. The lowest BCUT2D eigenvalue weighted by Crippen LogP contribution is -2.65. The molecular formula is C26H31N3O8. The molecule has 3 aliphatic rings. The van der Waals surface area contributed by atoms with Crippen LogP contribution in [-0.4, -0.2) is 88.4 Å². The van der Waals surface area contributed by atoms with Crippen molar-refractivity contribution in [1.82, 2.24) is 4.90 Å². The fourth-order valence-electron chi connectivity index (χ4n) is 6.09. The predicted octanol–water partition coefficient (Wildman–Crippen LogP) is 0.623. The molecule has 4 atom stereocenters. The highest BCUT2D eigenvalue weighted by molar-refractivity contribution is 6.24. The van der Waals surface area contributed by atoms with E-state index in [9.17, 15) is 39.6 Å². The number of benzene rings is 1. The van der Waals surface area contributed by atoms with Gasteiger partial charge in [-0.15, -0.1) is 0 Å². The molecule has 4 rings (SSSR count). The second-order valence-electron chi connectivity index (χ2n) is 10.3. The molecule has 0 aliphatic heterocycles. The van der Waals surface area contributed by atoms with E-state index in [1.807, 2.05) is 0 Å². The van der Waals surface area contributed by atoms with E-state index in [4.69, 9.17) is 5.73 Å². The minimum atomic E-state index is -2.71. The van der Waals surface area contributed by atoms with Crippen molar-refractivity contribution in [2.45, 2.75) is 37.8 Å². The number of Topliss-reactive ketones (excluding diaryl/α,β-unsaturated/α-hetero) is 3. The van der Waals surface area contributed by atoms with Crippen LogP contribution in [0.1, 0.15) is 41.3 Å². The normalized spacial score (nSPS) is 27.2. The molecule has 0 bridgehead atoms. The summed E-state index contributed by atoms with van der Waals surface area (Å²) in [5.41, 5.74) is 2.44. The van der Waals surface area contributed by atoms with Crippen LogP contribution in [0.5, 0.6) is 5.75 Å². The number of primary amides is 1. The maximum Gasteiger partial charge on any atom is 0.255 e. The molecule has 1 amide bonds. The molecule has 11 nitrogen and oxygen atoms in total. The SMILES string of the molecule is CCC(=O)c1cc(N(C)C)c2c(c1O)C(O)=C1C(=O)C3(O)C(O)=C(C(N)=O)C(=O)C(N(C)C)C3CC1C2. The van der Waals surface area contributed by atoms with Gasteiger partial charge in [0.2, 0.25) is 5.78 Å². The number of carbonyl (C=O) groups is 4. The van der Waals surface area contributed by atoms with Crippen LogP contribution in [0, 0.1) is 11.8 Å². The zero-order valence-electron chi connectivity index (χ0n) is 21.3. The van der Waals surface area contributed by atoms with Crippen molar-refractivity contribution in [3.63, 3.8) is 0 Å². The zero-order chi connectivity index (χ0) is 27.7. The molecule has 0 spiro atoms. The molecule has 0 saturated heterocycles. The van der Waals surface area contributed by atoms with Gasteiger partial charge in [-0.1, -0.05) is 6.92 Å². The Bertz CT molecular complexity index is 1330. The maximum absolute atomic E-state index is 13.9. The van der Waals surface area contributed by atoms with E-state index in [0.717, 1.165) is 0 Å². The third-order valence-electron chi connectivity index (χ3n) is 7.80. The number of aromatic hydroxyl groups is 1. The van der Waals surface area contributed by atoms with Crippen LogP contribution in [0.15, 0.2) is 23.0 Å². The predicted molar refractivity (Wildman–Crippen MR) is 133 cm³/mol. The van der Waals surface area contributed by atoms with Crippen LogP contribution < -0.4 is 10.6 Å². The van der Waals surface area contributed by atoms with Crippen LogP contribution in [0.2, 0.25) is 0 Å². The molecular weight excluding hydrogens is 482 g/mol. The highest BCUT2D eigenvalue weighted by Gasteiger charge is 2.64. The Morgan fingerprint density at radius 2 is 1.76 bits per heavy atom. The molecule has 4 unspecified atom stereocenters. The van der Waals surface area contributed by atoms with Gasteiger partial charge in [0, 0.05) is 37.7 Å². The number of amides is 1. The first-order chi connectivity index (χ1) is 17.2. The van der Waals surface area contributed by atoms with Crippen molar-refractivity contribution in [2.24, 2.45) is 17.6 Å². The van der Waals surface area contributed by atoms with E-state index in [2.05, 4.69) is 0 Å². The fourth-order valence-corrected chi connectivity index (χ4v) is 6.09. The Hall–Kier alpha value is -3.70. The summed E-state index contributed by atoms with van der Waals surface area (Å²) in [6.07, 6.45) is 0.235. The van der Waals surface area contributed by atoms with E-state index in [-0.39, 0.29) is 41.7 Å². The summed E-state index contributed by atoms with van der Waals surface area (Å²) in [6.45, 7) is 1.63. The molecule has 6 N–H and O–H groups in total. The number of fused-ring (bicyclic) bond motifs is 3. The van der Waals surface area contributed by atoms with Crippen LogP contribution in [0.3, 0.4) is 0 Å². The van der Waals surface area contributed by atoms with Crippen LogP contribution in [-0.2, 0) is 20.8 Å². The van der Waals surface area contributed by atoms with Gasteiger partial charge in [0.05, 0.1) is 17.2 Å². The van der Waals surface area contributed by atoms with Crippen molar-refractivity contribution in [3.8, 4) is 5.75 Å². The molecule has 1 saturated carbocycles. The van der Waals surface area contributed by atoms with Gasteiger partial charge in [0.1, 0.15) is 22.8 Å². The van der Waals surface area contributed by atoms with Gasteiger partial charge in [-0.3, -0.25) is 24.1 Å². The molecule has 1 fully saturated rings. The van der Waals surface area contributed by atoms with E-state index in [1.165, 1.54) is 4.90 Å². The van der Waals surface area contributed by atoms with Gasteiger partial charge in [-0.2, -0.15) is 0 Å². The average molecular weight is 514 g/mol. The lowest BCUT2D eigenvalue weighted by Gasteiger charge is -2.50. The van der Waals surface area contributed by atoms with Crippen LogP contribution in [0.25, 0.3) is 5.76 Å². The molecule has 0 radical (unpaired) electrons. The van der Waals surface area contributed by atoms with Crippen molar-refractivity contribution < 1.29 is 39.6 Å². The summed E-state index contributed by atoms with van der Waals surface area (Å²) in [5.74, 6) is -7.65. The number of nitrogens with two attached hydrogens (primary N) is 1. The number of aliphatic hydroxyl groups is 3. The topological polar surface area (TPSA) is 182 Å². The number of rotatable bonds is 5. The van der Waals surface area contributed by atoms with E-state index >= 15 is 0 Å². The van der Waals surface area contributed by atoms with E-state index in [1.54, 1.807) is 46.1 Å². The van der Waals surface area contributed by atoms with Crippen molar-refractivity contribution >= 4 is 34.7 Å². The lowest BCUT2D eigenvalue weighted by molar-refractivity contribution is -0.153. The maximum atomic E-state index is 13.9. The Kier molecular flexibility index (Phi) is 6.20. The second-order valence-corrected chi connectivity index (χ2v) is 10.3. The van der Waals surface area contributed by atoms with Crippen molar-refractivity contribution in [3.05, 3.63) is 39.7 Å². The molecule has 1 aromatic rings. The van der Waals surface area contributed by atoms with Crippen LogP contribution >= 0.6 is 0 Å². The molecule has 3 aliphatic carbocycles. The zero-order valence-corrected chi connectivity index (χ0v) is 21.3. The van der Waals surface area contributed by atoms with Crippen molar-refractivity contribution in [2.75, 3.05) is 33.1 Å². The number of phenols is 1. The van der Waals surface area contributed by atoms with E-state index < -0.39 is 63.8 Å². The van der Waals surface area contributed by atoms with Crippen LogP contribution in [0.4, 0.5) is 5.69 Å². The number of anilines is 1. The number of hydrogen-bond donors (Lipinski definition) is 5. The fraction of sp³-hybridized carbons (Fsp3) is 0.462. The van der Waals surface area contributed by atoms with Gasteiger partial charge in [-0.05, 0) is 44.5 Å². The summed E-state index contributed by atoms with van der Waals surface area (Å²) >= 11 is 0. The first kappa shape index (κ1) is 26.4. The number of nitrogens with zero attached hydrogens (tertiary/aromatic N) is 2. The van der Waals surface area contributed by atoms with Gasteiger partial charge in [0.25, 0.3) is 5.91 Å². The van der Waals surface area contributed by atoms with Gasteiger partial charge >= 0.3 is 0 Å². The third kappa shape index (κ3) is 3.48. The quantitative estimate of drug-likeness (QED) is 0.276. The molecule has 0 aromatic heterocycles. The van der Waals surface area contributed by atoms with Gasteiger partial charge < -0.3 is 31.1 Å². The Balaban J connectivity index is 2.02. The first-order valence-corrected chi connectivity index (χ1v) is 11.9. The van der Waals surface area contributed by atoms with Gasteiger partial charge in [-0.25, -0.2) is 0 Å². The monoisotopic (exact) mass is 513 g/mol.